The maximum Gasteiger partial charge on any atom is 0.271 e. The first-order valence-electron chi connectivity index (χ1n) is 6.89. The van der Waals surface area contributed by atoms with Gasteiger partial charge in [-0.15, -0.1) is 0 Å². The Morgan fingerprint density at radius 3 is 2.74 bits per heavy atom. The van der Waals surface area contributed by atoms with Crippen LogP contribution in [0.4, 0.5) is 0 Å². The van der Waals surface area contributed by atoms with Gasteiger partial charge >= 0.3 is 0 Å². The zero-order chi connectivity index (χ0) is 13.7. The molecule has 5 heteroatoms. The summed E-state index contributed by atoms with van der Waals surface area (Å²) in [6, 6.07) is -0.182. The average molecular weight is 263 g/mol. The molecule has 1 aliphatic rings. The third-order valence-corrected chi connectivity index (χ3v) is 3.66. The number of nitrogens with zero attached hydrogens (tertiary/aromatic N) is 2. The summed E-state index contributed by atoms with van der Waals surface area (Å²) in [5.41, 5.74) is 1.08. The van der Waals surface area contributed by atoms with E-state index in [1.165, 1.54) is 31.9 Å². The Morgan fingerprint density at radius 2 is 2.16 bits per heavy atom. The van der Waals surface area contributed by atoms with Gasteiger partial charge in [0, 0.05) is 6.20 Å². The Morgan fingerprint density at radius 1 is 1.42 bits per heavy atom. The Balaban J connectivity index is 1.89. The smallest absolute Gasteiger partial charge is 0.271 e. The highest BCUT2D eigenvalue weighted by Crippen LogP contribution is 2.28. The van der Waals surface area contributed by atoms with Crippen molar-refractivity contribution in [3.8, 4) is 0 Å². The standard InChI is InChI=1S/C14H21N3O2/c1-10-7-16-13(8-15-10)14(19)17-12(9-18)6-11-4-2-3-5-11/h7-8,11-12,18H,2-6,9H2,1H3,(H,17,19). The number of aromatic nitrogens is 2. The second kappa shape index (κ2) is 6.61. The number of hydrogen-bond donors (Lipinski definition) is 2. The summed E-state index contributed by atoms with van der Waals surface area (Å²) >= 11 is 0. The van der Waals surface area contributed by atoms with Gasteiger partial charge in [0.05, 0.1) is 24.5 Å². The highest BCUT2D eigenvalue weighted by molar-refractivity contribution is 5.92. The SMILES string of the molecule is Cc1cnc(C(=O)NC(CO)CC2CCCC2)cn1. The number of carbonyl (C=O) groups excluding carboxylic acids is 1. The molecule has 19 heavy (non-hydrogen) atoms. The van der Waals surface area contributed by atoms with Crippen LogP contribution in [0.3, 0.4) is 0 Å². The fraction of sp³-hybridized carbons (Fsp3) is 0.643. The van der Waals surface area contributed by atoms with E-state index >= 15 is 0 Å². The Hall–Kier alpha value is -1.49. The number of amides is 1. The van der Waals surface area contributed by atoms with Gasteiger partial charge in [-0.25, -0.2) is 4.98 Å². The molecule has 1 heterocycles. The Kier molecular flexibility index (Phi) is 4.85. The molecule has 1 atom stereocenters. The molecule has 0 aromatic carbocycles. The van der Waals surface area contributed by atoms with Gasteiger partial charge in [0.1, 0.15) is 5.69 Å². The van der Waals surface area contributed by atoms with E-state index in [0.29, 0.717) is 11.6 Å². The first kappa shape index (κ1) is 13.9. The molecule has 1 aromatic rings. The van der Waals surface area contributed by atoms with Gasteiger partial charge in [-0.05, 0) is 19.3 Å². The summed E-state index contributed by atoms with van der Waals surface area (Å²) in [6.45, 7) is 1.80. The van der Waals surface area contributed by atoms with E-state index in [9.17, 15) is 9.90 Å². The number of carbonyl (C=O) groups is 1. The molecule has 1 aromatic heterocycles. The van der Waals surface area contributed by atoms with Crippen LogP contribution >= 0.6 is 0 Å². The average Bonchev–Trinajstić information content (AvgIpc) is 2.91. The number of aliphatic hydroxyl groups excluding tert-OH is 1. The van der Waals surface area contributed by atoms with E-state index in [0.717, 1.165) is 12.1 Å². The van der Waals surface area contributed by atoms with Gasteiger partial charge in [-0.1, -0.05) is 25.7 Å². The van der Waals surface area contributed by atoms with Crippen molar-refractivity contribution in [2.45, 2.75) is 45.1 Å². The van der Waals surface area contributed by atoms with Crippen molar-refractivity contribution in [2.75, 3.05) is 6.61 Å². The Bertz CT molecular complexity index is 413. The van der Waals surface area contributed by atoms with E-state index in [-0.39, 0.29) is 18.6 Å². The fourth-order valence-electron chi connectivity index (χ4n) is 2.60. The molecule has 0 aliphatic heterocycles. The van der Waals surface area contributed by atoms with Crippen LogP contribution < -0.4 is 5.32 Å². The monoisotopic (exact) mass is 263 g/mol. The molecule has 0 saturated heterocycles. The summed E-state index contributed by atoms with van der Waals surface area (Å²) < 4.78 is 0. The third-order valence-electron chi connectivity index (χ3n) is 3.66. The summed E-state index contributed by atoms with van der Waals surface area (Å²) in [4.78, 5) is 20.1. The number of rotatable bonds is 5. The number of aliphatic hydroxyl groups is 1. The van der Waals surface area contributed by atoms with Gasteiger partial charge in [-0.3, -0.25) is 9.78 Å². The molecular formula is C14H21N3O2. The normalized spacial score (nSPS) is 17.4. The summed E-state index contributed by atoms with van der Waals surface area (Å²) in [5.74, 6) is 0.367. The van der Waals surface area contributed by atoms with E-state index in [1.807, 2.05) is 6.92 Å². The lowest BCUT2D eigenvalue weighted by atomic mass is 9.99. The molecule has 1 fully saturated rings. The van der Waals surface area contributed by atoms with Crippen LogP contribution in [0.25, 0.3) is 0 Å². The second-order valence-corrected chi connectivity index (χ2v) is 5.28. The topological polar surface area (TPSA) is 75.1 Å². The molecule has 2 rings (SSSR count). The van der Waals surface area contributed by atoms with Crippen molar-refractivity contribution >= 4 is 5.91 Å². The summed E-state index contributed by atoms with van der Waals surface area (Å²) in [7, 11) is 0. The van der Waals surface area contributed by atoms with Crippen LogP contribution in [0.15, 0.2) is 12.4 Å². The minimum Gasteiger partial charge on any atom is -0.394 e. The highest BCUT2D eigenvalue weighted by Gasteiger charge is 2.21. The Labute approximate surface area is 113 Å². The van der Waals surface area contributed by atoms with Gasteiger partial charge < -0.3 is 10.4 Å². The largest absolute Gasteiger partial charge is 0.394 e. The second-order valence-electron chi connectivity index (χ2n) is 5.28. The predicted molar refractivity (Wildman–Crippen MR) is 71.7 cm³/mol. The molecule has 1 amide bonds. The zero-order valence-electron chi connectivity index (χ0n) is 11.3. The van der Waals surface area contributed by atoms with Crippen LogP contribution in [0.2, 0.25) is 0 Å². The molecule has 1 aliphatic carbocycles. The van der Waals surface area contributed by atoms with Crippen molar-refractivity contribution in [1.82, 2.24) is 15.3 Å². The van der Waals surface area contributed by atoms with Gasteiger partial charge in [0.2, 0.25) is 0 Å². The van der Waals surface area contributed by atoms with Crippen LogP contribution in [0.5, 0.6) is 0 Å². The minimum atomic E-state index is -0.260. The molecule has 1 saturated carbocycles. The molecule has 0 spiro atoms. The molecule has 1 unspecified atom stereocenters. The molecule has 0 bridgehead atoms. The first-order chi connectivity index (χ1) is 9.19. The van der Waals surface area contributed by atoms with E-state index < -0.39 is 0 Å². The molecule has 5 nitrogen and oxygen atoms in total. The van der Waals surface area contributed by atoms with Gasteiger partial charge in [0.25, 0.3) is 5.91 Å². The van der Waals surface area contributed by atoms with E-state index in [1.54, 1.807) is 6.20 Å². The lowest BCUT2D eigenvalue weighted by Crippen LogP contribution is -2.39. The van der Waals surface area contributed by atoms with Crippen molar-refractivity contribution in [2.24, 2.45) is 5.92 Å². The van der Waals surface area contributed by atoms with E-state index in [2.05, 4.69) is 15.3 Å². The highest BCUT2D eigenvalue weighted by atomic mass is 16.3. The van der Waals surface area contributed by atoms with Crippen LogP contribution in [0.1, 0.15) is 48.3 Å². The molecular weight excluding hydrogens is 242 g/mol. The van der Waals surface area contributed by atoms with Crippen molar-refractivity contribution in [3.05, 3.63) is 23.8 Å². The van der Waals surface area contributed by atoms with E-state index in [4.69, 9.17) is 0 Å². The predicted octanol–water partition coefficient (Wildman–Crippen LogP) is 1.46. The lowest BCUT2D eigenvalue weighted by Gasteiger charge is -2.19. The van der Waals surface area contributed by atoms with Crippen LogP contribution in [-0.2, 0) is 0 Å². The van der Waals surface area contributed by atoms with Crippen molar-refractivity contribution in [1.29, 1.82) is 0 Å². The fourth-order valence-corrected chi connectivity index (χ4v) is 2.60. The maximum absolute atomic E-state index is 12.0. The maximum atomic E-state index is 12.0. The first-order valence-corrected chi connectivity index (χ1v) is 6.89. The minimum absolute atomic E-state index is 0.0263. The summed E-state index contributed by atoms with van der Waals surface area (Å²) in [5, 5.41) is 12.2. The van der Waals surface area contributed by atoms with Gasteiger partial charge in [0.15, 0.2) is 0 Å². The zero-order valence-corrected chi connectivity index (χ0v) is 11.3. The number of aryl methyl sites for hydroxylation is 1. The quantitative estimate of drug-likeness (QED) is 0.843. The molecule has 104 valence electrons. The molecule has 0 radical (unpaired) electrons. The van der Waals surface area contributed by atoms with Gasteiger partial charge in [-0.2, -0.15) is 0 Å². The summed E-state index contributed by atoms with van der Waals surface area (Å²) in [6.07, 6.45) is 8.82. The third kappa shape index (κ3) is 3.99. The van der Waals surface area contributed by atoms with Crippen LogP contribution in [0, 0.1) is 12.8 Å². The number of nitrogens with one attached hydrogen (secondary N) is 1. The number of hydrogen-bond acceptors (Lipinski definition) is 4. The molecule has 2 N–H and O–H groups in total. The van der Waals surface area contributed by atoms with Crippen molar-refractivity contribution in [3.63, 3.8) is 0 Å². The van der Waals surface area contributed by atoms with Crippen molar-refractivity contribution < 1.29 is 9.90 Å². The van der Waals surface area contributed by atoms with Crippen LogP contribution in [-0.4, -0.2) is 33.6 Å². The lowest BCUT2D eigenvalue weighted by molar-refractivity contribution is 0.0901.